The summed E-state index contributed by atoms with van der Waals surface area (Å²) in [4.78, 5) is 42.6. The second kappa shape index (κ2) is 9.81. The molecular formula is C28H38N2O9. The molecule has 1 aromatic carbocycles. The molecule has 4 aliphatic rings. The minimum atomic E-state index is -1.05. The molecule has 3 amide bonds. The fourth-order valence-corrected chi connectivity index (χ4v) is 5.65. The summed E-state index contributed by atoms with van der Waals surface area (Å²) in [7, 11) is 0. The van der Waals surface area contributed by atoms with Crippen molar-refractivity contribution in [2.24, 2.45) is 0 Å². The summed E-state index contributed by atoms with van der Waals surface area (Å²) in [6.07, 6.45) is -3.34. The lowest BCUT2D eigenvalue weighted by Crippen LogP contribution is -2.59. The molecule has 214 valence electrons. The van der Waals surface area contributed by atoms with Crippen molar-refractivity contribution >= 4 is 17.9 Å². The van der Waals surface area contributed by atoms with Crippen LogP contribution in [-0.4, -0.2) is 88.1 Å². The third kappa shape index (κ3) is 5.55. The molecule has 1 aromatic rings. The summed E-state index contributed by atoms with van der Waals surface area (Å²) < 4.78 is 36.2. The van der Waals surface area contributed by atoms with Gasteiger partial charge in [0.05, 0.1) is 13.0 Å². The molecule has 4 saturated heterocycles. The van der Waals surface area contributed by atoms with E-state index in [4.69, 9.17) is 28.4 Å². The second-order valence-corrected chi connectivity index (χ2v) is 12.4. The van der Waals surface area contributed by atoms with Crippen LogP contribution in [-0.2, 0) is 44.6 Å². The second-order valence-electron chi connectivity index (χ2n) is 12.4. The summed E-state index contributed by atoms with van der Waals surface area (Å²) in [5.74, 6) is -2.84. The molecule has 0 spiro atoms. The SMILES string of the molecule is CC1(C)O[C@H]2[C@@H](O1)[C@@H](CN1C(=O)N(C(C)(C)C)C(=O)C1CC(=O)OCc1ccccc1)O[C@@H]1OC(C)(C)O[C@@H]12. The van der Waals surface area contributed by atoms with E-state index in [-0.39, 0.29) is 19.6 Å². The van der Waals surface area contributed by atoms with Crippen LogP contribution in [0.4, 0.5) is 4.79 Å². The number of hydrogen-bond acceptors (Lipinski definition) is 9. The number of carbonyl (C=O) groups excluding carboxylic acids is 3. The van der Waals surface area contributed by atoms with E-state index in [0.29, 0.717) is 0 Å². The minimum absolute atomic E-state index is 0.0125. The molecule has 39 heavy (non-hydrogen) atoms. The van der Waals surface area contributed by atoms with E-state index in [1.807, 2.05) is 30.3 Å². The van der Waals surface area contributed by atoms with Crippen LogP contribution < -0.4 is 0 Å². The van der Waals surface area contributed by atoms with Crippen LogP contribution in [0.25, 0.3) is 0 Å². The molecule has 6 atom stereocenters. The van der Waals surface area contributed by atoms with E-state index in [9.17, 15) is 14.4 Å². The number of amides is 3. The maximum atomic E-state index is 13.7. The number of benzene rings is 1. The highest BCUT2D eigenvalue weighted by Crippen LogP contribution is 2.44. The van der Waals surface area contributed by atoms with Gasteiger partial charge in [0, 0.05) is 5.54 Å². The lowest BCUT2D eigenvalue weighted by Gasteiger charge is -2.39. The Morgan fingerprint density at radius 3 is 2.21 bits per heavy atom. The zero-order chi connectivity index (χ0) is 28.3. The summed E-state index contributed by atoms with van der Waals surface area (Å²) in [5.41, 5.74) is 0.0316. The molecule has 4 aliphatic heterocycles. The van der Waals surface area contributed by atoms with Crippen molar-refractivity contribution < 1.29 is 42.8 Å². The number of ether oxygens (including phenoxy) is 6. The molecular weight excluding hydrogens is 508 g/mol. The minimum Gasteiger partial charge on any atom is -0.461 e. The number of esters is 1. The monoisotopic (exact) mass is 546 g/mol. The van der Waals surface area contributed by atoms with Gasteiger partial charge in [-0.2, -0.15) is 0 Å². The topological polar surface area (TPSA) is 113 Å². The highest BCUT2D eigenvalue weighted by Gasteiger charge is 2.62. The highest BCUT2D eigenvalue weighted by molar-refractivity contribution is 6.06. The Balaban J connectivity index is 1.37. The van der Waals surface area contributed by atoms with Gasteiger partial charge < -0.3 is 33.3 Å². The fourth-order valence-electron chi connectivity index (χ4n) is 5.65. The molecule has 4 heterocycles. The normalized spacial score (nSPS) is 33.3. The van der Waals surface area contributed by atoms with Crippen LogP contribution in [0.3, 0.4) is 0 Å². The van der Waals surface area contributed by atoms with Crippen molar-refractivity contribution in [3.63, 3.8) is 0 Å². The molecule has 11 heteroatoms. The first-order valence-corrected chi connectivity index (χ1v) is 13.4. The van der Waals surface area contributed by atoms with Gasteiger partial charge in [-0.05, 0) is 54.0 Å². The molecule has 0 saturated carbocycles. The van der Waals surface area contributed by atoms with Crippen molar-refractivity contribution in [1.82, 2.24) is 9.80 Å². The summed E-state index contributed by atoms with van der Waals surface area (Å²) in [6.45, 7) is 12.6. The van der Waals surface area contributed by atoms with Crippen LogP contribution in [0.15, 0.2) is 30.3 Å². The molecule has 0 radical (unpaired) electrons. The molecule has 1 unspecified atom stereocenters. The average Bonchev–Trinajstić information content (AvgIpc) is 3.40. The van der Waals surface area contributed by atoms with E-state index < -0.39 is 71.8 Å². The zero-order valence-corrected chi connectivity index (χ0v) is 23.5. The third-order valence-corrected chi connectivity index (χ3v) is 7.22. The Hall–Kier alpha value is -2.57. The fraction of sp³-hybridized carbons (Fsp3) is 0.679. The first kappa shape index (κ1) is 28.0. The molecule has 11 nitrogen and oxygen atoms in total. The lowest BCUT2D eigenvalue weighted by atomic mass is 9.98. The van der Waals surface area contributed by atoms with Gasteiger partial charge in [-0.25, -0.2) is 4.79 Å². The van der Waals surface area contributed by atoms with E-state index >= 15 is 0 Å². The van der Waals surface area contributed by atoms with Crippen molar-refractivity contribution in [2.45, 2.75) is 115 Å². The standard InChI is InChI=1S/C28H38N2O9/c1-26(2,3)30-23(32)17(13-19(31)34-15-16-11-9-8-10-12-16)29(25(30)33)14-18-20-21(37-27(4,5)36-20)22-24(35-18)39-28(6,7)38-22/h8-12,17-18,20-22,24H,13-15H2,1-7H3/t17?,18-,20+,21+,22-,24-/m1/s1. The quantitative estimate of drug-likeness (QED) is 0.393. The Labute approximate surface area is 228 Å². The van der Waals surface area contributed by atoms with Gasteiger partial charge in [-0.3, -0.25) is 14.5 Å². The molecule has 5 rings (SSSR count). The number of fused-ring (bicyclic) bond motifs is 3. The highest BCUT2D eigenvalue weighted by atomic mass is 16.9. The van der Waals surface area contributed by atoms with Gasteiger partial charge in [0.25, 0.3) is 5.91 Å². The number of rotatable bonds is 6. The summed E-state index contributed by atoms with van der Waals surface area (Å²) in [5, 5.41) is 0. The maximum absolute atomic E-state index is 13.7. The molecule has 0 N–H and O–H groups in total. The van der Waals surface area contributed by atoms with Crippen molar-refractivity contribution in [2.75, 3.05) is 6.54 Å². The zero-order valence-electron chi connectivity index (χ0n) is 23.5. The number of carbonyl (C=O) groups is 3. The predicted octanol–water partition coefficient (Wildman–Crippen LogP) is 2.95. The molecule has 0 bridgehead atoms. The van der Waals surface area contributed by atoms with E-state index in [2.05, 4.69) is 0 Å². The smallest absolute Gasteiger partial charge is 0.328 e. The lowest BCUT2D eigenvalue weighted by molar-refractivity contribution is -0.235. The van der Waals surface area contributed by atoms with Crippen LogP contribution in [0.1, 0.15) is 60.5 Å². The Kier molecular flexibility index (Phi) is 7.04. The van der Waals surface area contributed by atoms with Gasteiger partial charge in [0.15, 0.2) is 17.9 Å². The van der Waals surface area contributed by atoms with Gasteiger partial charge >= 0.3 is 12.0 Å². The van der Waals surface area contributed by atoms with Crippen LogP contribution in [0.2, 0.25) is 0 Å². The van der Waals surface area contributed by atoms with Crippen LogP contribution >= 0.6 is 0 Å². The number of urea groups is 1. The predicted molar refractivity (Wildman–Crippen MR) is 136 cm³/mol. The van der Waals surface area contributed by atoms with E-state index in [0.717, 1.165) is 5.56 Å². The van der Waals surface area contributed by atoms with Crippen molar-refractivity contribution in [1.29, 1.82) is 0 Å². The van der Waals surface area contributed by atoms with E-state index in [1.54, 1.807) is 48.5 Å². The van der Waals surface area contributed by atoms with Gasteiger partial charge in [0.2, 0.25) is 0 Å². The summed E-state index contributed by atoms with van der Waals surface area (Å²) in [6, 6.07) is 7.71. The molecule has 0 aliphatic carbocycles. The molecule has 0 aromatic heterocycles. The molecule has 4 fully saturated rings. The van der Waals surface area contributed by atoms with E-state index in [1.165, 1.54) is 9.80 Å². The first-order valence-electron chi connectivity index (χ1n) is 13.4. The first-order chi connectivity index (χ1) is 18.2. The van der Waals surface area contributed by atoms with Gasteiger partial charge in [0.1, 0.15) is 37.1 Å². The average molecular weight is 547 g/mol. The van der Waals surface area contributed by atoms with Gasteiger partial charge in [-0.1, -0.05) is 30.3 Å². The largest absolute Gasteiger partial charge is 0.461 e. The Bertz CT molecular complexity index is 1120. The number of hydrogen-bond donors (Lipinski definition) is 0. The number of imide groups is 1. The third-order valence-electron chi connectivity index (χ3n) is 7.22. The maximum Gasteiger partial charge on any atom is 0.328 e. The number of nitrogens with zero attached hydrogens (tertiary/aromatic N) is 2. The van der Waals surface area contributed by atoms with Crippen LogP contribution in [0.5, 0.6) is 0 Å². The van der Waals surface area contributed by atoms with Crippen LogP contribution in [0, 0.1) is 0 Å². The van der Waals surface area contributed by atoms with Crippen molar-refractivity contribution in [3.8, 4) is 0 Å². The summed E-state index contributed by atoms with van der Waals surface area (Å²) >= 11 is 0. The van der Waals surface area contributed by atoms with Crippen molar-refractivity contribution in [3.05, 3.63) is 35.9 Å². The Morgan fingerprint density at radius 2 is 1.54 bits per heavy atom. The van der Waals surface area contributed by atoms with Gasteiger partial charge in [-0.15, -0.1) is 0 Å². The Morgan fingerprint density at radius 1 is 0.923 bits per heavy atom.